The van der Waals surface area contributed by atoms with E-state index in [1.54, 1.807) is 0 Å². The fourth-order valence-corrected chi connectivity index (χ4v) is 2.62. The van der Waals surface area contributed by atoms with E-state index in [1.165, 1.54) is 5.56 Å². The summed E-state index contributed by atoms with van der Waals surface area (Å²) in [6.07, 6.45) is 4.58. The Kier molecular flexibility index (Phi) is 4.54. The highest BCUT2D eigenvalue weighted by Gasteiger charge is 2.33. The van der Waals surface area contributed by atoms with E-state index in [2.05, 4.69) is 19.1 Å². The minimum absolute atomic E-state index is 0.239. The molecule has 2 nitrogen and oxygen atoms in total. The van der Waals surface area contributed by atoms with Gasteiger partial charge in [-0.05, 0) is 30.2 Å². The molecule has 1 aliphatic rings. The topological polar surface area (TPSA) is 26.3 Å². The highest BCUT2D eigenvalue weighted by molar-refractivity contribution is 5.79. The average molecular weight is 246 g/mol. The van der Waals surface area contributed by atoms with Crippen LogP contribution in [-0.4, -0.2) is 12.4 Å². The Morgan fingerprint density at radius 1 is 1.17 bits per heavy atom. The van der Waals surface area contributed by atoms with Crippen molar-refractivity contribution in [2.75, 3.05) is 6.61 Å². The quantitative estimate of drug-likeness (QED) is 0.791. The molecule has 0 aliphatic heterocycles. The highest BCUT2D eigenvalue weighted by Crippen LogP contribution is 2.38. The third-order valence-electron chi connectivity index (χ3n) is 4.14. The maximum absolute atomic E-state index is 11.3. The lowest BCUT2D eigenvalue weighted by Crippen LogP contribution is -2.31. The molecular weight excluding hydrogens is 224 g/mol. The number of rotatable bonds is 5. The Bertz CT molecular complexity index is 373. The molecule has 0 atom stereocenters. The fraction of sp³-hybridized carbons (Fsp3) is 0.562. The molecule has 1 saturated carbocycles. The summed E-state index contributed by atoms with van der Waals surface area (Å²) >= 11 is 0. The summed E-state index contributed by atoms with van der Waals surface area (Å²) in [5, 5.41) is 0. The number of Topliss-reactive ketones (excluding diaryl/α,β-unsaturated/α-hetero) is 1. The van der Waals surface area contributed by atoms with Gasteiger partial charge in [0.25, 0.3) is 0 Å². The lowest BCUT2D eigenvalue weighted by atomic mass is 9.72. The van der Waals surface area contributed by atoms with E-state index < -0.39 is 0 Å². The smallest absolute Gasteiger partial charge is 0.132 e. The van der Waals surface area contributed by atoms with Crippen LogP contribution in [0.5, 0.6) is 0 Å². The molecule has 0 radical (unpaired) electrons. The van der Waals surface area contributed by atoms with Crippen LogP contribution in [0.1, 0.15) is 44.6 Å². The Hall–Kier alpha value is -1.15. The lowest BCUT2D eigenvalue weighted by molar-refractivity contribution is -0.123. The summed E-state index contributed by atoms with van der Waals surface area (Å²) < 4.78 is 5.88. The van der Waals surface area contributed by atoms with Crippen molar-refractivity contribution in [3.05, 3.63) is 35.9 Å². The van der Waals surface area contributed by atoms with Crippen molar-refractivity contribution in [1.82, 2.24) is 0 Å². The van der Waals surface area contributed by atoms with Gasteiger partial charge in [-0.3, -0.25) is 4.79 Å². The van der Waals surface area contributed by atoms with Gasteiger partial charge in [-0.25, -0.2) is 0 Å². The van der Waals surface area contributed by atoms with Gasteiger partial charge in [0, 0.05) is 12.8 Å². The van der Waals surface area contributed by atoms with Crippen LogP contribution in [-0.2, 0) is 16.1 Å². The van der Waals surface area contributed by atoms with Gasteiger partial charge in [0.15, 0.2) is 0 Å². The van der Waals surface area contributed by atoms with Crippen molar-refractivity contribution in [1.29, 1.82) is 0 Å². The maximum Gasteiger partial charge on any atom is 0.132 e. The Morgan fingerprint density at radius 3 is 2.44 bits per heavy atom. The number of benzene rings is 1. The zero-order chi connectivity index (χ0) is 12.8. The minimum Gasteiger partial charge on any atom is -0.376 e. The molecule has 0 N–H and O–H groups in total. The third kappa shape index (κ3) is 3.42. The van der Waals surface area contributed by atoms with Crippen molar-refractivity contribution in [2.45, 2.75) is 45.6 Å². The van der Waals surface area contributed by atoms with Crippen LogP contribution in [0.25, 0.3) is 0 Å². The van der Waals surface area contributed by atoms with E-state index in [1.807, 2.05) is 18.2 Å². The molecule has 0 amide bonds. The molecule has 0 bridgehead atoms. The first-order valence-corrected chi connectivity index (χ1v) is 6.87. The lowest BCUT2D eigenvalue weighted by Gasteiger charge is -2.35. The molecule has 1 fully saturated rings. The van der Waals surface area contributed by atoms with E-state index in [4.69, 9.17) is 4.74 Å². The van der Waals surface area contributed by atoms with Gasteiger partial charge < -0.3 is 4.74 Å². The van der Waals surface area contributed by atoms with E-state index in [-0.39, 0.29) is 5.41 Å². The molecule has 0 heterocycles. The molecule has 98 valence electrons. The molecule has 1 aliphatic carbocycles. The molecule has 0 unspecified atom stereocenters. The second kappa shape index (κ2) is 6.14. The third-order valence-corrected chi connectivity index (χ3v) is 4.14. The molecular formula is C16H22O2. The summed E-state index contributed by atoms with van der Waals surface area (Å²) in [7, 11) is 0. The average Bonchev–Trinajstić information content (AvgIpc) is 2.43. The fourth-order valence-electron chi connectivity index (χ4n) is 2.62. The van der Waals surface area contributed by atoms with Gasteiger partial charge >= 0.3 is 0 Å². The molecule has 0 aromatic heterocycles. The van der Waals surface area contributed by atoms with Crippen LogP contribution in [0.3, 0.4) is 0 Å². The second-order valence-corrected chi connectivity index (χ2v) is 5.37. The van der Waals surface area contributed by atoms with Crippen molar-refractivity contribution >= 4 is 5.78 Å². The first-order valence-electron chi connectivity index (χ1n) is 6.87. The predicted octanol–water partition coefficient (Wildman–Crippen LogP) is 3.74. The van der Waals surface area contributed by atoms with Gasteiger partial charge in [0.1, 0.15) is 5.78 Å². The van der Waals surface area contributed by atoms with Gasteiger partial charge in [-0.1, -0.05) is 37.3 Å². The summed E-state index contributed by atoms with van der Waals surface area (Å²) in [5.74, 6) is 0.419. The van der Waals surface area contributed by atoms with Gasteiger partial charge in [0.2, 0.25) is 0 Å². The van der Waals surface area contributed by atoms with Crippen LogP contribution in [0.2, 0.25) is 0 Å². The Balaban J connectivity index is 1.82. The number of hydrogen-bond donors (Lipinski definition) is 0. The van der Waals surface area contributed by atoms with Crippen LogP contribution in [0, 0.1) is 5.41 Å². The van der Waals surface area contributed by atoms with E-state index in [9.17, 15) is 4.79 Å². The minimum atomic E-state index is 0.239. The molecule has 2 heteroatoms. The molecule has 2 rings (SSSR count). The molecule has 0 spiro atoms. The van der Waals surface area contributed by atoms with Crippen molar-refractivity contribution in [3.63, 3.8) is 0 Å². The van der Waals surface area contributed by atoms with Crippen LogP contribution >= 0.6 is 0 Å². The molecule has 1 aromatic carbocycles. The summed E-state index contributed by atoms with van der Waals surface area (Å²) in [6.45, 7) is 3.67. The van der Waals surface area contributed by atoms with Gasteiger partial charge in [-0.2, -0.15) is 0 Å². The number of ketones is 1. The van der Waals surface area contributed by atoms with Crippen molar-refractivity contribution < 1.29 is 9.53 Å². The number of carbonyl (C=O) groups is 1. The highest BCUT2D eigenvalue weighted by atomic mass is 16.5. The predicted molar refractivity (Wildman–Crippen MR) is 72.3 cm³/mol. The summed E-state index contributed by atoms with van der Waals surface area (Å²) in [5.41, 5.74) is 1.46. The van der Waals surface area contributed by atoms with Crippen LogP contribution < -0.4 is 0 Å². The van der Waals surface area contributed by atoms with E-state index in [0.717, 1.165) is 38.7 Å². The van der Waals surface area contributed by atoms with Crippen molar-refractivity contribution in [2.24, 2.45) is 5.41 Å². The SMILES string of the molecule is CCC1(COCc2ccccc2)CCC(=O)CC1. The maximum atomic E-state index is 11.3. The van der Waals surface area contributed by atoms with Crippen molar-refractivity contribution in [3.8, 4) is 0 Å². The van der Waals surface area contributed by atoms with E-state index >= 15 is 0 Å². The molecule has 18 heavy (non-hydrogen) atoms. The Morgan fingerprint density at radius 2 is 1.83 bits per heavy atom. The normalized spacial score (nSPS) is 18.8. The van der Waals surface area contributed by atoms with Gasteiger partial charge in [-0.15, -0.1) is 0 Å². The molecule has 1 aromatic rings. The first-order chi connectivity index (χ1) is 8.74. The van der Waals surface area contributed by atoms with Gasteiger partial charge in [0.05, 0.1) is 13.2 Å². The number of hydrogen-bond acceptors (Lipinski definition) is 2. The second-order valence-electron chi connectivity index (χ2n) is 5.37. The standard InChI is InChI=1S/C16H22O2/c1-2-16(10-8-15(17)9-11-16)13-18-12-14-6-4-3-5-7-14/h3-7H,2,8-13H2,1H3. The zero-order valence-electron chi connectivity index (χ0n) is 11.2. The Labute approximate surface area is 109 Å². The zero-order valence-corrected chi connectivity index (χ0v) is 11.2. The number of ether oxygens (including phenoxy) is 1. The molecule has 0 saturated heterocycles. The summed E-state index contributed by atoms with van der Waals surface area (Å²) in [6, 6.07) is 10.3. The summed E-state index contributed by atoms with van der Waals surface area (Å²) in [4.78, 5) is 11.3. The number of carbonyl (C=O) groups excluding carboxylic acids is 1. The van der Waals surface area contributed by atoms with E-state index in [0.29, 0.717) is 12.4 Å². The van der Waals surface area contributed by atoms with Crippen LogP contribution in [0.15, 0.2) is 30.3 Å². The van der Waals surface area contributed by atoms with Crippen LogP contribution in [0.4, 0.5) is 0 Å². The largest absolute Gasteiger partial charge is 0.376 e. The monoisotopic (exact) mass is 246 g/mol. The first kappa shape index (κ1) is 13.3.